The maximum atomic E-state index is 11.7. The molecule has 0 fully saturated rings. The zero-order chi connectivity index (χ0) is 14.8. The van der Waals surface area contributed by atoms with Gasteiger partial charge in [0.05, 0.1) is 0 Å². The van der Waals surface area contributed by atoms with Gasteiger partial charge in [-0.05, 0) is 25.0 Å². The van der Waals surface area contributed by atoms with Crippen molar-refractivity contribution in [3.8, 4) is 0 Å². The SMILES string of the molecule is CC(C(=O)NCCC1CNc2ccccc21)S(C)(=O)=O. The molecule has 2 N–H and O–H groups in total. The van der Waals surface area contributed by atoms with Crippen LogP contribution in [0.1, 0.15) is 24.8 Å². The van der Waals surface area contributed by atoms with Crippen molar-refractivity contribution in [2.75, 3.05) is 24.7 Å². The summed E-state index contributed by atoms with van der Waals surface area (Å²) in [6.07, 6.45) is 1.88. The van der Waals surface area contributed by atoms with Gasteiger partial charge in [-0.25, -0.2) is 8.42 Å². The molecule has 0 aliphatic carbocycles. The number of nitrogens with one attached hydrogen (secondary N) is 2. The summed E-state index contributed by atoms with van der Waals surface area (Å²) in [5.41, 5.74) is 2.41. The van der Waals surface area contributed by atoms with E-state index in [1.54, 1.807) is 0 Å². The average Bonchev–Trinajstić information content (AvgIpc) is 2.80. The Bertz CT molecular complexity index is 598. The minimum Gasteiger partial charge on any atom is -0.384 e. The Labute approximate surface area is 119 Å². The van der Waals surface area contributed by atoms with Crippen LogP contribution in [-0.2, 0) is 14.6 Å². The van der Waals surface area contributed by atoms with E-state index in [0.717, 1.165) is 24.9 Å². The molecular weight excluding hydrogens is 276 g/mol. The van der Waals surface area contributed by atoms with Crippen LogP contribution in [0.2, 0.25) is 0 Å². The summed E-state index contributed by atoms with van der Waals surface area (Å²) in [4.78, 5) is 11.7. The van der Waals surface area contributed by atoms with Gasteiger partial charge in [0.1, 0.15) is 5.25 Å². The van der Waals surface area contributed by atoms with E-state index < -0.39 is 21.0 Å². The molecule has 0 saturated carbocycles. The Balaban J connectivity index is 1.85. The number of amides is 1. The van der Waals surface area contributed by atoms with E-state index in [9.17, 15) is 13.2 Å². The summed E-state index contributed by atoms with van der Waals surface area (Å²) in [5.74, 6) is -0.0632. The van der Waals surface area contributed by atoms with Crippen molar-refractivity contribution >= 4 is 21.4 Å². The van der Waals surface area contributed by atoms with E-state index in [1.165, 1.54) is 12.5 Å². The van der Waals surface area contributed by atoms with Gasteiger partial charge in [-0.2, -0.15) is 0 Å². The van der Waals surface area contributed by atoms with Crippen molar-refractivity contribution in [2.45, 2.75) is 24.5 Å². The lowest BCUT2D eigenvalue weighted by atomic mass is 9.98. The second kappa shape index (κ2) is 5.83. The number of carbonyl (C=O) groups is 1. The molecule has 1 aromatic carbocycles. The molecule has 2 unspecified atom stereocenters. The molecule has 1 aliphatic rings. The molecule has 2 rings (SSSR count). The first-order chi connectivity index (χ1) is 9.39. The summed E-state index contributed by atoms with van der Waals surface area (Å²) in [7, 11) is -3.32. The molecule has 0 bridgehead atoms. The minimum absolute atomic E-state index is 0.361. The van der Waals surface area contributed by atoms with E-state index in [4.69, 9.17) is 0 Å². The van der Waals surface area contributed by atoms with Crippen LogP contribution in [0.3, 0.4) is 0 Å². The Morgan fingerprint density at radius 2 is 2.15 bits per heavy atom. The summed E-state index contributed by atoms with van der Waals surface area (Å²) >= 11 is 0. The van der Waals surface area contributed by atoms with Crippen LogP contribution in [-0.4, -0.2) is 38.9 Å². The number of para-hydroxylation sites is 1. The highest BCUT2D eigenvalue weighted by molar-refractivity contribution is 7.92. The molecule has 20 heavy (non-hydrogen) atoms. The predicted octanol–water partition coefficient (Wildman–Crippen LogP) is 1.14. The van der Waals surface area contributed by atoms with E-state index in [-0.39, 0.29) is 0 Å². The molecule has 0 radical (unpaired) electrons. The molecule has 1 aliphatic heterocycles. The van der Waals surface area contributed by atoms with Gasteiger partial charge in [-0.15, -0.1) is 0 Å². The van der Waals surface area contributed by atoms with Gasteiger partial charge in [0.25, 0.3) is 0 Å². The van der Waals surface area contributed by atoms with Crippen LogP contribution >= 0.6 is 0 Å². The molecule has 2 atom stereocenters. The summed E-state index contributed by atoms with van der Waals surface area (Å²) < 4.78 is 22.6. The maximum Gasteiger partial charge on any atom is 0.238 e. The van der Waals surface area contributed by atoms with Crippen LogP contribution in [0.4, 0.5) is 5.69 Å². The van der Waals surface area contributed by atoms with Crippen LogP contribution in [0.15, 0.2) is 24.3 Å². The van der Waals surface area contributed by atoms with Gasteiger partial charge in [-0.1, -0.05) is 18.2 Å². The molecule has 0 aromatic heterocycles. The van der Waals surface area contributed by atoms with Crippen molar-refractivity contribution < 1.29 is 13.2 Å². The van der Waals surface area contributed by atoms with Crippen molar-refractivity contribution in [2.24, 2.45) is 0 Å². The predicted molar refractivity (Wildman–Crippen MR) is 79.6 cm³/mol. The highest BCUT2D eigenvalue weighted by Crippen LogP contribution is 2.32. The van der Waals surface area contributed by atoms with Crippen LogP contribution in [0, 0.1) is 0 Å². The standard InChI is InChI=1S/C14H20N2O3S/c1-10(20(2,18)19)14(17)15-8-7-11-9-16-13-6-4-3-5-12(11)13/h3-6,10-11,16H,7-9H2,1-2H3,(H,15,17). The Kier molecular flexibility index (Phi) is 4.32. The molecule has 0 spiro atoms. The van der Waals surface area contributed by atoms with Gasteiger partial charge >= 0.3 is 0 Å². The second-order valence-electron chi connectivity index (χ2n) is 5.22. The number of benzene rings is 1. The molecule has 1 aromatic rings. The number of rotatable bonds is 5. The Morgan fingerprint density at radius 1 is 1.45 bits per heavy atom. The lowest BCUT2D eigenvalue weighted by Crippen LogP contribution is -2.38. The first-order valence-electron chi connectivity index (χ1n) is 6.69. The number of fused-ring (bicyclic) bond motifs is 1. The van der Waals surface area contributed by atoms with E-state index >= 15 is 0 Å². The molecular formula is C14H20N2O3S. The van der Waals surface area contributed by atoms with Gasteiger partial charge in [0.15, 0.2) is 9.84 Å². The number of hydrogen-bond donors (Lipinski definition) is 2. The first-order valence-corrected chi connectivity index (χ1v) is 8.64. The largest absolute Gasteiger partial charge is 0.384 e. The van der Waals surface area contributed by atoms with Gasteiger partial charge in [0, 0.05) is 31.0 Å². The molecule has 0 saturated heterocycles. The highest BCUT2D eigenvalue weighted by Gasteiger charge is 2.24. The fourth-order valence-corrected chi connectivity index (χ4v) is 2.79. The lowest BCUT2D eigenvalue weighted by Gasteiger charge is -2.13. The first kappa shape index (κ1) is 14.8. The molecule has 110 valence electrons. The second-order valence-corrected chi connectivity index (χ2v) is 7.58. The Hall–Kier alpha value is -1.56. The van der Waals surface area contributed by atoms with E-state index in [1.807, 2.05) is 18.2 Å². The normalized spacial score (nSPS) is 19.0. The fourth-order valence-electron chi connectivity index (χ4n) is 2.32. The van der Waals surface area contributed by atoms with Gasteiger partial charge in [-0.3, -0.25) is 4.79 Å². The van der Waals surface area contributed by atoms with Crippen LogP contribution in [0.25, 0.3) is 0 Å². The third kappa shape index (κ3) is 3.30. The van der Waals surface area contributed by atoms with Crippen molar-refractivity contribution in [3.05, 3.63) is 29.8 Å². The quantitative estimate of drug-likeness (QED) is 0.854. The minimum atomic E-state index is -3.32. The fraction of sp³-hybridized carbons (Fsp3) is 0.500. The molecule has 5 nitrogen and oxygen atoms in total. The summed E-state index contributed by atoms with van der Waals surface area (Å²) in [5, 5.41) is 5.04. The third-order valence-electron chi connectivity index (χ3n) is 3.74. The smallest absolute Gasteiger partial charge is 0.238 e. The third-order valence-corrected chi connectivity index (χ3v) is 5.24. The van der Waals surface area contributed by atoms with E-state index in [0.29, 0.717) is 12.5 Å². The lowest BCUT2D eigenvalue weighted by molar-refractivity contribution is -0.120. The zero-order valence-electron chi connectivity index (χ0n) is 11.7. The van der Waals surface area contributed by atoms with Crippen molar-refractivity contribution in [1.29, 1.82) is 0 Å². The maximum absolute atomic E-state index is 11.7. The number of anilines is 1. The zero-order valence-corrected chi connectivity index (χ0v) is 12.5. The number of sulfone groups is 1. The topological polar surface area (TPSA) is 75.3 Å². The number of hydrogen-bond acceptors (Lipinski definition) is 4. The van der Waals surface area contributed by atoms with Gasteiger partial charge < -0.3 is 10.6 Å². The van der Waals surface area contributed by atoms with Crippen LogP contribution in [0.5, 0.6) is 0 Å². The summed E-state index contributed by atoms with van der Waals surface area (Å²) in [6.45, 7) is 2.76. The highest BCUT2D eigenvalue weighted by atomic mass is 32.2. The van der Waals surface area contributed by atoms with Gasteiger partial charge in [0.2, 0.25) is 5.91 Å². The van der Waals surface area contributed by atoms with Crippen LogP contribution < -0.4 is 10.6 Å². The molecule has 1 amide bonds. The van der Waals surface area contributed by atoms with Crippen molar-refractivity contribution in [1.82, 2.24) is 5.32 Å². The number of carbonyl (C=O) groups excluding carboxylic acids is 1. The van der Waals surface area contributed by atoms with Crippen molar-refractivity contribution in [3.63, 3.8) is 0 Å². The summed E-state index contributed by atoms with van der Waals surface area (Å²) in [6, 6.07) is 8.12. The monoisotopic (exact) mass is 296 g/mol. The average molecular weight is 296 g/mol. The Morgan fingerprint density at radius 3 is 2.85 bits per heavy atom. The molecule has 1 heterocycles. The van der Waals surface area contributed by atoms with E-state index in [2.05, 4.69) is 16.7 Å². The molecule has 6 heteroatoms.